The van der Waals surface area contributed by atoms with E-state index in [1.54, 1.807) is 13.3 Å². The van der Waals surface area contributed by atoms with E-state index in [2.05, 4.69) is 23.3 Å². The molecule has 0 aliphatic carbocycles. The summed E-state index contributed by atoms with van der Waals surface area (Å²) in [5.74, 6) is 0.0827. The van der Waals surface area contributed by atoms with E-state index >= 15 is 0 Å². The van der Waals surface area contributed by atoms with Crippen LogP contribution in [0.2, 0.25) is 0 Å². The SMILES string of the molecule is C.CCC(=O)NCNC.CS. The van der Waals surface area contributed by atoms with Crippen molar-refractivity contribution in [1.29, 1.82) is 0 Å². The van der Waals surface area contributed by atoms with Gasteiger partial charge in [-0.2, -0.15) is 12.6 Å². The minimum absolute atomic E-state index is 0. The molecule has 1 amide bonds. The second-order valence-electron chi connectivity index (χ2n) is 1.48. The van der Waals surface area contributed by atoms with Crippen LogP contribution >= 0.6 is 12.6 Å². The molecule has 0 aromatic heterocycles. The minimum Gasteiger partial charge on any atom is -0.344 e. The average Bonchev–Trinajstić information content (AvgIpc) is 2.04. The fourth-order valence-corrected chi connectivity index (χ4v) is 0.312. The van der Waals surface area contributed by atoms with Gasteiger partial charge in [-0.25, -0.2) is 0 Å². The first-order valence-electron chi connectivity index (χ1n) is 3.17. The fourth-order valence-electron chi connectivity index (χ4n) is 0.312. The number of hydrogen-bond acceptors (Lipinski definition) is 3. The van der Waals surface area contributed by atoms with Gasteiger partial charge in [-0.15, -0.1) is 0 Å². The molecule has 0 saturated carbocycles. The second-order valence-corrected chi connectivity index (χ2v) is 1.48. The quantitative estimate of drug-likeness (QED) is 0.445. The summed E-state index contributed by atoms with van der Waals surface area (Å²) in [6.45, 7) is 2.39. The molecule has 0 heterocycles. The molecule has 0 aliphatic heterocycles. The number of carbonyl (C=O) groups excluding carboxylic acids is 1. The highest BCUT2D eigenvalue weighted by Crippen LogP contribution is 1.70. The third kappa shape index (κ3) is 17.7. The van der Waals surface area contributed by atoms with Crippen LogP contribution in [0.15, 0.2) is 0 Å². The second kappa shape index (κ2) is 16.4. The molecular weight excluding hydrogens is 160 g/mol. The maximum atomic E-state index is 10.4. The zero-order valence-electron chi connectivity index (χ0n) is 6.77. The van der Waals surface area contributed by atoms with Crippen molar-refractivity contribution >= 4 is 18.5 Å². The van der Waals surface area contributed by atoms with Crippen LogP contribution in [0.5, 0.6) is 0 Å². The smallest absolute Gasteiger partial charge is 0.220 e. The molecule has 4 heteroatoms. The van der Waals surface area contributed by atoms with Crippen molar-refractivity contribution in [3.05, 3.63) is 0 Å². The van der Waals surface area contributed by atoms with E-state index in [0.717, 1.165) is 0 Å². The Labute approximate surface area is 75.4 Å². The molecule has 0 aromatic carbocycles. The Morgan fingerprint density at radius 2 is 1.91 bits per heavy atom. The Bertz CT molecular complexity index is 78.8. The predicted molar refractivity (Wildman–Crippen MR) is 54.0 cm³/mol. The van der Waals surface area contributed by atoms with Crippen LogP contribution < -0.4 is 10.6 Å². The third-order valence-electron chi connectivity index (χ3n) is 0.783. The van der Waals surface area contributed by atoms with Crippen molar-refractivity contribution in [2.24, 2.45) is 0 Å². The normalized spacial score (nSPS) is 6.91. The van der Waals surface area contributed by atoms with Crippen LogP contribution in [0.4, 0.5) is 0 Å². The van der Waals surface area contributed by atoms with Crippen molar-refractivity contribution in [3.63, 3.8) is 0 Å². The Kier molecular flexibility index (Phi) is 25.4. The summed E-state index contributed by atoms with van der Waals surface area (Å²) >= 11 is 3.53. The Morgan fingerprint density at radius 1 is 1.45 bits per heavy atom. The average molecular weight is 180 g/mol. The molecule has 0 rings (SSSR count). The van der Waals surface area contributed by atoms with Gasteiger partial charge >= 0.3 is 0 Å². The van der Waals surface area contributed by atoms with Crippen molar-refractivity contribution < 1.29 is 4.79 Å². The number of rotatable bonds is 3. The lowest BCUT2D eigenvalue weighted by Gasteiger charge is -1.98. The highest BCUT2D eigenvalue weighted by Gasteiger charge is 1.90. The molecule has 70 valence electrons. The lowest BCUT2D eigenvalue weighted by molar-refractivity contribution is -0.120. The van der Waals surface area contributed by atoms with Crippen molar-refractivity contribution in [1.82, 2.24) is 10.6 Å². The van der Waals surface area contributed by atoms with Crippen LogP contribution in [0, 0.1) is 0 Å². The van der Waals surface area contributed by atoms with E-state index in [1.165, 1.54) is 0 Å². The van der Waals surface area contributed by atoms with Crippen LogP contribution in [0.3, 0.4) is 0 Å². The van der Waals surface area contributed by atoms with Crippen molar-refractivity contribution in [2.45, 2.75) is 20.8 Å². The topological polar surface area (TPSA) is 41.1 Å². The summed E-state index contributed by atoms with van der Waals surface area (Å²) in [5.41, 5.74) is 0. The van der Waals surface area contributed by atoms with Crippen LogP contribution in [-0.4, -0.2) is 25.9 Å². The monoisotopic (exact) mass is 180 g/mol. The van der Waals surface area contributed by atoms with Gasteiger partial charge in [-0.3, -0.25) is 4.79 Å². The standard InChI is InChI=1S/C5H12N2O.CH4S.CH4/c1-3-5(8)7-4-6-2;1-2;/h6H,3-4H2,1-2H3,(H,7,8);2H,1H3;1H4. The minimum atomic E-state index is 0. The number of hydrogen-bond donors (Lipinski definition) is 3. The third-order valence-corrected chi connectivity index (χ3v) is 0.783. The zero-order chi connectivity index (χ0) is 8.41. The van der Waals surface area contributed by atoms with Crippen molar-refractivity contribution in [3.8, 4) is 0 Å². The van der Waals surface area contributed by atoms with Crippen molar-refractivity contribution in [2.75, 3.05) is 20.0 Å². The summed E-state index contributed by atoms with van der Waals surface area (Å²) in [7, 11) is 1.79. The molecule has 0 atom stereocenters. The lowest BCUT2D eigenvalue weighted by atomic mass is 10.5. The maximum absolute atomic E-state index is 10.4. The highest BCUT2D eigenvalue weighted by molar-refractivity contribution is 7.79. The molecule has 0 radical (unpaired) electrons. The highest BCUT2D eigenvalue weighted by atomic mass is 32.1. The molecular formula is C7H20N2OS. The van der Waals surface area contributed by atoms with Gasteiger partial charge in [0.25, 0.3) is 0 Å². The van der Waals surface area contributed by atoms with Gasteiger partial charge in [-0.05, 0) is 13.3 Å². The molecule has 3 nitrogen and oxygen atoms in total. The van der Waals surface area contributed by atoms with Crippen LogP contribution in [0.25, 0.3) is 0 Å². The number of amides is 1. The van der Waals surface area contributed by atoms with E-state index in [4.69, 9.17) is 0 Å². The molecule has 0 saturated heterocycles. The molecule has 0 spiro atoms. The first-order valence-corrected chi connectivity index (χ1v) is 4.06. The first-order chi connectivity index (χ1) is 4.81. The number of nitrogens with one attached hydrogen (secondary N) is 2. The number of carbonyl (C=O) groups is 1. The van der Waals surface area contributed by atoms with Gasteiger partial charge in [-0.1, -0.05) is 14.4 Å². The van der Waals surface area contributed by atoms with Gasteiger partial charge in [0, 0.05) is 6.42 Å². The maximum Gasteiger partial charge on any atom is 0.220 e. The van der Waals surface area contributed by atoms with E-state index in [1.807, 2.05) is 6.92 Å². The molecule has 11 heavy (non-hydrogen) atoms. The predicted octanol–water partition coefficient (Wildman–Crippen LogP) is 0.872. The van der Waals surface area contributed by atoms with Crippen LogP contribution in [-0.2, 0) is 4.79 Å². The Morgan fingerprint density at radius 3 is 2.18 bits per heavy atom. The molecule has 0 aromatic rings. The summed E-state index contributed by atoms with van der Waals surface area (Å²) in [5, 5.41) is 5.43. The van der Waals surface area contributed by atoms with Gasteiger partial charge in [0.2, 0.25) is 5.91 Å². The lowest BCUT2D eigenvalue weighted by Crippen LogP contribution is -2.30. The molecule has 2 N–H and O–H groups in total. The fraction of sp³-hybridized carbons (Fsp3) is 0.857. The summed E-state index contributed by atoms with van der Waals surface area (Å²) in [6.07, 6.45) is 2.25. The summed E-state index contributed by atoms with van der Waals surface area (Å²) in [4.78, 5) is 10.4. The molecule has 0 unspecified atom stereocenters. The van der Waals surface area contributed by atoms with E-state index < -0.39 is 0 Å². The molecule has 0 bridgehead atoms. The van der Waals surface area contributed by atoms with Crippen LogP contribution in [0.1, 0.15) is 20.8 Å². The Hall–Kier alpha value is -0.220. The van der Waals surface area contributed by atoms with Gasteiger partial charge < -0.3 is 10.6 Å². The summed E-state index contributed by atoms with van der Waals surface area (Å²) < 4.78 is 0. The first kappa shape index (κ1) is 17.0. The molecule has 0 fully saturated rings. The summed E-state index contributed by atoms with van der Waals surface area (Å²) in [6, 6.07) is 0. The van der Waals surface area contributed by atoms with E-state index in [-0.39, 0.29) is 13.3 Å². The van der Waals surface area contributed by atoms with Gasteiger partial charge in [0.05, 0.1) is 6.67 Å². The zero-order valence-corrected chi connectivity index (χ0v) is 7.66. The van der Waals surface area contributed by atoms with E-state index in [0.29, 0.717) is 13.1 Å². The van der Waals surface area contributed by atoms with Gasteiger partial charge in [0.15, 0.2) is 0 Å². The molecule has 0 aliphatic rings. The largest absolute Gasteiger partial charge is 0.344 e. The number of thiol groups is 1. The van der Waals surface area contributed by atoms with E-state index in [9.17, 15) is 4.79 Å². The Balaban J connectivity index is -0.000000196. The van der Waals surface area contributed by atoms with Gasteiger partial charge in [0.1, 0.15) is 0 Å².